The summed E-state index contributed by atoms with van der Waals surface area (Å²) in [7, 11) is 0. The third-order valence-electron chi connectivity index (χ3n) is 4.39. The molecule has 122 valence electrons. The molecule has 0 aliphatic heterocycles. The number of para-hydroxylation sites is 1. The lowest BCUT2D eigenvalue weighted by molar-refractivity contribution is -0.145. The number of alkyl halides is 3. The van der Waals surface area contributed by atoms with Crippen molar-refractivity contribution < 1.29 is 18.0 Å². The molecule has 2 aromatic heterocycles. The molecule has 4 nitrogen and oxygen atoms in total. The zero-order chi connectivity index (χ0) is 16.9. The van der Waals surface area contributed by atoms with Crippen molar-refractivity contribution in [2.24, 2.45) is 0 Å². The van der Waals surface area contributed by atoms with Gasteiger partial charge in [0.25, 0.3) is 0 Å². The lowest BCUT2D eigenvalue weighted by atomic mass is 9.82. The van der Waals surface area contributed by atoms with Gasteiger partial charge in [0.05, 0.1) is 11.6 Å². The summed E-state index contributed by atoms with van der Waals surface area (Å²) in [6, 6.07) is 7.66. The van der Waals surface area contributed by atoms with Gasteiger partial charge in [-0.3, -0.25) is 4.79 Å². The Bertz CT molecular complexity index is 928. The molecule has 0 radical (unpaired) electrons. The number of Topliss-reactive ketones (excluding diaryl/α,β-unsaturated/α-hetero) is 1. The number of hydrogen-bond donors (Lipinski definition) is 1. The van der Waals surface area contributed by atoms with Crippen molar-refractivity contribution in [3.05, 3.63) is 59.3 Å². The van der Waals surface area contributed by atoms with Crippen molar-refractivity contribution in [2.75, 3.05) is 0 Å². The minimum Gasteiger partial charge on any atom is -0.352 e. The number of ketones is 1. The van der Waals surface area contributed by atoms with E-state index in [1.165, 1.54) is 0 Å². The van der Waals surface area contributed by atoms with E-state index >= 15 is 0 Å². The molecule has 1 N–H and O–H groups in total. The molecule has 7 heteroatoms. The van der Waals surface area contributed by atoms with Crippen LogP contribution in [0, 0.1) is 0 Å². The molecule has 1 atom stereocenters. The number of H-pyrrole nitrogens is 1. The number of fused-ring (bicyclic) bond motifs is 3. The summed E-state index contributed by atoms with van der Waals surface area (Å²) in [5.74, 6) is -1.84. The van der Waals surface area contributed by atoms with E-state index in [-0.39, 0.29) is 5.78 Å². The lowest BCUT2D eigenvalue weighted by Gasteiger charge is -2.21. The van der Waals surface area contributed by atoms with Crippen molar-refractivity contribution in [1.29, 1.82) is 0 Å². The second-order valence-corrected chi connectivity index (χ2v) is 5.82. The number of rotatable bonds is 1. The third-order valence-corrected chi connectivity index (χ3v) is 4.39. The minimum atomic E-state index is -4.58. The smallest absolute Gasteiger partial charge is 0.352 e. The summed E-state index contributed by atoms with van der Waals surface area (Å²) in [4.78, 5) is 22.6. The molecule has 0 amide bonds. The molecule has 24 heavy (non-hydrogen) atoms. The summed E-state index contributed by atoms with van der Waals surface area (Å²) in [5, 5.41) is 1.02. The number of benzene rings is 1. The van der Waals surface area contributed by atoms with E-state index < -0.39 is 17.9 Å². The molecule has 1 aliphatic carbocycles. The highest BCUT2D eigenvalue weighted by atomic mass is 19.4. The molecule has 1 unspecified atom stereocenters. The van der Waals surface area contributed by atoms with Crippen LogP contribution in [0.3, 0.4) is 0 Å². The Hall–Kier alpha value is -2.70. The van der Waals surface area contributed by atoms with Crippen LogP contribution < -0.4 is 0 Å². The predicted octanol–water partition coefficient (Wildman–Crippen LogP) is 3.89. The van der Waals surface area contributed by atoms with Gasteiger partial charge in [-0.05, 0) is 30.0 Å². The van der Waals surface area contributed by atoms with Gasteiger partial charge in [-0.1, -0.05) is 18.2 Å². The van der Waals surface area contributed by atoms with Crippen LogP contribution in [0.4, 0.5) is 13.2 Å². The lowest BCUT2D eigenvalue weighted by Crippen LogP contribution is -2.21. The first-order chi connectivity index (χ1) is 11.4. The summed E-state index contributed by atoms with van der Waals surface area (Å²) < 4.78 is 37.7. The molecule has 0 fully saturated rings. The maximum atomic E-state index is 12.8. The van der Waals surface area contributed by atoms with Gasteiger partial charge in [0.15, 0.2) is 5.78 Å². The molecule has 0 bridgehead atoms. The summed E-state index contributed by atoms with van der Waals surface area (Å²) in [6.07, 6.45) is -1.17. The average Bonchev–Trinajstić information content (AvgIpc) is 2.94. The maximum Gasteiger partial charge on any atom is 0.451 e. The Morgan fingerprint density at radius 2 is 1.83 bits per heavy atom. The summed E-state index contributed by atoms with van der Waals surface area (Å²) in [6.45, 7) is 0. The average molecular weight is 331 g/mol. The number of nitrogens with zero attached hydrogens (tertiary/aromatic N) is 2. The molecule has 3 aromatic rings. The van der Waals surface area contributed by atoms with Crippen molar-refractivity contribution in [3.63, 3.8) is 0 Å². The predicted molar refractivity (Wildman–Crippen MR) is 80.7 cm³/mol. The Morgan fingerprint density at radius 1 is 1.12 bits per heavy atom. The normalized spacial score (nSPS) is 18.0. The molecule has 2 heterocycles. The standard InChI is InChI=1S/C17H12F3N3O/c18-17(19,20)16-21-7-9(8-22-16)10-5-6-12-11-3-1-2-4-13(11)23-14(12)15(10)24/h1-4,7-8,10,23H,5-6H2. The van der Waals surface area contributed by atoms with Gasteiger partial charge < -0.3 is 4.98 Å². The van der Waals surface area contributed by atoms with E-state index in [4.69, 9.17) is 0 Å². The van der Waals surface area contributed by atoms with Gasteiger partial charge in [0.1, 0.15) is 0 Å². The fraction of sp³-hybridized carbons (Fsp3) is 0.235. The Kier molecular flexibility index (Phi) is 3.19. The van der Waals surface area contributed by atoms with Crippen LogP contribution in [-0.2, 0) is 12.6 Å². The Morgan fingerprint density at radius 3 is 2.54 bits per heavy atom. The van der Waals surface area contributed by atoms with Crippen molar-refractivity contribution in [1.82, 2.24) is 15.0 Å². The number of carbonyl (C=O) groups excluding carboxylic acids is 1. The van der Waals surface area contributed by atoms with Crippen LogP contribution in [0.15, 0.2) is 36.7 Å². The van der Waals surface area contributed by atoms with Gasteiger partial charge in [-0.15, -0.1) is 0 Å². The van der Waals surface area contributed by atoms with Crippen molar-refractivity contribution in [3.8, 4) is 0 Å². The summed E-state index contributed by atoms with van der Waals surface area (Å²) in [5.41, 5.74) is 2.81. The van der Waals surface area contributed by atoms with Crippen LogP contribution in [0.5, 0.6) is 0 Å². The van der Waals surface area contributed by atoms with Gasteiger partial charge in [-0.25, -0.2) is 9.97 Å². The van der Waals surface area contributed by atoms with Crippen molar-refractivity contribution in [2.45, 2.75) is 24.9 Å². The monoisotopic (exact) mass is 331 g/mol. The Balaban J connectivity index is 1.70. The molecule has 0 spiro atoms. The topological polar surface area (TPSA) is 58.6 Å². The van der Waals surface area contributed by atoms with Crippen LogP contribution in [0.1, 0.15) is 39.8 Å². The highest BCUT2D eigenvalue weighted by Gasteiger charge is 2.36. The van der Waals surface area contributed by atoms with Crippen LogP contribution in [0.2, 0.25) is 0 Å². The number of carbonyl (C=O) groups is 1. The minimum absolute atomic E-state index is 0.129. The van der Waals surface area contributed by atoms with E-state index in [1.54, 1.807) is 0 Å². The zero-order valence-electron chi connectivity index (χ0n) is 12.4. The molecule has 1 aromatic carbocycles. The van der Waals surface area contributed by atoms with Gasteiger partial charge >= 0.3 is 6.18 Å². The number of nitrogens with one attached hydrogen (secondary N) is 1. The molecule has 1 aliphatic rings. The van der Waals surface area contributed by atoms with E-state index in [2.05, 4.69) is 15.0 Å². The quantitative estimate of drug-likeness (QED) is 0.736. The third kappa shape index (κ3) is 2.28. The molecular weight excluding hydrogens is 319 g/mol. The first-order valence-electron chi connectivity index (χ1n) is 7.48. The Labute approximate surface area is 134 Å². The van der Waals surface area contributed by atoms with Crippen molar-refractivity contribution >= 4 is 16.7 Å². The molecule has 0 saturated carbocycles. The molecule has 4 rings (SSSR count). The van der Waals surface area contributed by atoms with Crippen LogP contribution >= 0.6 is 0 Å². The number of aryl methyl sites for hydroxylation is 1. The van der Waals surface area contributed by atoms with E-state index in [0.717, 1.165) is 28.9 Å². The highest BCUT2D eigenvalue weighted by molar-refractivity contribution is 6.06. The van der Waals surface area contributed by atoms with Crippen LogP contribution in [-0.4, -0.2) is 20.7 Å². The number of aromatic amines is 1. The number of aromatic nitrogens is 3. The summed E-state index contributed by atoms with van der Waals surface area (Å²) >= 11 is 0. The largest absolute Gasteiger partial charge is 0.451 e. The van der Waals surface area contributed by atoms with Gasteiger partial charge in [-0.2, -0.15) is 13.2 Å². The van der Waals surface area contributed by atoms with Gasteiger partial charge in [0, 0.05) is 23.3 Å². The highest BCUT2D eigenvalue weighted by Crippen LogP contribution is 2.36. The second kappa shape index (κ2) is 5.15. The first kappa shape index (κ1) is 14.9. The number of halogens is 3. The second-order valence-electron chi connectivity index (χ2n) is 5.82. The SMILES string of the molecule is O=C1c2[nH]c3ccccc3c2CCC1c1cnc(C(F)(F)F)nc1. The van der Waals surface area contributed by atoms with E-state index in [0.29, 0.717) is 24.1 Å². The molecular formula is C17H12F3N3O. The van der Waals surface area contributed by atoms with E-state index in [1.807, 2.05) is 24.3 Å². The fourth-order valence-corrected chi connectivity index (χ4v) is 3.25. The first-order valence-corrected chi connectivity index (χ1v) is 7.48. The number of hydrogen-bond acceptors (Lipinski definition) is 3. The maximum absolute atomic E-state index is 12.8. The van der Waals surface area contributed by atoms with E-state index in [9.17, 15) is 18.0 Å². The van der Waals surface area contributed by atoms with Crippen LogP contribution in [0.25, 0.3) is 10.9 Å². The fourth-order valence-electron chi connectivity index (χ4n) is 3.25. The van der Waals surface area contributed by atoms with Gasteiger partial charge in [0.2, 0.25) is 5.82 Å². The zero-order valence-corrected chi connectivity index (χ0v) is 12.4. The molecule has 0 saturated heterocycles.